The van der Waals surface area contributed by atoms with E-state index in [0.717, 1.165) is 12.3 Å². The van der Waals surface area contributed by atoms with Crippen molar-refractivity contribution in [3.8, 4) is 0 Å². The molecule has 0 spiro atoms. The number of rotatable bonds is 3. The molecule has 1 amide bonds. The maximum atomic E-state index is 12.6. The largest absolute Gasteiger partial charge is 0.421 e. The van der Waals surface area contributed by atoms with Crippen LogP contribution in [0.5, 0.6) is 0 Å². The molecular formula is C13H9ClF3N3O2. The average molecular weight is 332 g/mol. The Hall–Kier alpha value is -2.35. The monoisotopic (exact) mass is 331 g/mol. The molecule has 2 rings (SSSR count). The molecule has 2 aromatic rings. The number of alkyl halides is 3. The van der Waals surface area contributed by atoms with Gasteiger partial charge in [-0.25, -0.2) is 4.98 Å². The number of carbonyl (C=O) groups excluding carboxylic acids is 1. The fourth-order valence-corrected chi connectivity index (χ4v) is 1.79. The van der Waals surface area contributed by atoms with Crippen LogP contribution in [-0.2, 0) is 17.5 Å². The molecule has 0 bridgehead atoms. The number of carbonyl (C=O) groups is 1. The summed E-state index contributed by atoms with van der Waals surface area (Å²) in [6, 6.07) is 4.64. The number of hydrogen-bond acceptors (Lipinski definition) is 3. The van der Waals surface area contributed by atoms with E-state index < -0.39 is 29.8 Å². The third kappa shape index (κ3) is 3.85. The third-order valence-corrected chi connectivity index (χ3v) is 2.87. The van der Waals surface area contributed by atoms with Crippen LogP contribution in [0.4, 0.5) is 18.9 Å². The van der Waals surface area contributed by atoms with E-state index in [4.69, 9.17) is 11.6 Å². The number of anilines is 1. The molecule has 0 saturated carbocycles. The molecule has 0 aliphatic rings. The maximum Gasteiger partial charge on any atom is 0.421 e. The van der Waals surface area contributed by atoms with Crippen molar-refractivity contribution in [1.82, 2.24) is 9.55 Å². The number of halogens is 4. The lowest BCUT2D eigenvalue weighted by Gasteiger charge is -2.10. The summed E-state index contributed by atoms with van der Waals surface area (Å²) in [6.45, 7) is -0.550. The summed E-state index contributed by atoms with van der Waals surface area (Å²) in [4.78, 5) is 27.2. The van der Waals surface area contributed by atoms with Crippen molar-refractivity contribution in [2.24, 2.45) is 0 Å². The third-order valence-electron chi connectivity index (χ3n) is 2.65. The van der Waals surface area contributed by atoms with Crippen molar-refractivity contribution in [2.45, 2.75) is 12.7 Å². The first-order valence-corrected chi connectivity index (χ1v) is 6.33. The molecule has 0 fully saturated rings. The van der Waals surface area contributed by atoms with Crippen LogP contribution in [0.2, 0.25) is 5.15 Å². The van der Waals surface area contributed by atoms with Gasteiger partial charge in [0, 0.05) is 6.20 Å². The van der Waals surface area contributed by atoms with E-state index in [1.54, 1.807) is 0 Å². The molecule has 0 saturated heterocycles. The average Bonchev–Trinajstić information content (AvgIpc) is 2.42. The lowest BCUT2D eigenvalue weighted by molar-refractivity contribution is -0.139. The lowest BCUT2D eigenvalue weighted by Crippen LogP contribution is -2.31. The highest BCUT2D eigenvalue weighted by Gasteiger charge is 2.34. The highest BCUT2D eigenvalue weighted by molar-refractivity contribution is 6.29. The quantitative estimate of drug-likeness (QED) is 0.879. The predicted octanol–water partition coefficient (Wildman–Crippen LogP) is 2.55. The van der Waals surface area contributed by atoms with Crippen LogP contribution >= 0.6 is 11.6 Å². The fourth-order valence-electron chi connectivity index (χ4n) is 1.68. The minimum atomic E-state index is -4.77. The van der Waals surface area contributed by atoms with Gasteiger partial charge in [-0.2, -0.15) is 13.2 Å². The molecule has 9 heteroatoms. The fraction of sp³-hybridized carbons (Fsp3) is 0.154. The van der Waals surface area contributed by atoms with Crippen LogP contribution in [0.1, 0.15) is 5.56 Å². The van der Waals surface area contributed by atoms with Gasteiger partial charge in [0.2, 0.25) is 5.91 Å². The van der Waals surface area contributed by atoms with Crippen molar-refractivity contribution in [2.75, 3.05) is 5.32 Å². The van der Waals surface area contributed by atoms with E-state index >= 15 is 0 Å². The summed E-state index contributed by atoms with van der Waals surface area (Å²) in [5.74, 6) is -0.662. The number of nitrogens with zero attached hydrogens (tertiary/aromatic N) is 2. The van der Waals surface area contributed by atoms with Gasteiger partial charge in [0.25, 0.3) is 5.56 Å². The van der Waals surface area contributed by atoms with Crippen molar-refractivity contribution in [3.05, 3.63) is 57.7 Å². The van der Waals surface area contributed by atoms with Crippen molar-refractivity contribution >= 4 is 23.2 Å². The summed E-state index contributed by atoms with van der Waals surface area (Å²) in [6.07, 6.45) is -2.37. The molecule has 0 aliphatic heterocycles. The zero-order valence-corrected chi connectivity index (χ0v) is 11.6. The van der Waals surface area contributed by atoms with Gasteiger partial charge in [0.15, 0.2) is 0 Å². The molecule has 2 heterocycles. The Balaban J connectivity index is 2.15. The van der Waals surface area contributed by atoms with Crippen molar-refractivity contribution < 1.29 is 18.0 Å². The van der Waals surface area contributed by atoms with Crippen LogP contribution in [0.3, 0.4) is 0 Å². The Morgan fingerprint density at radius 2 is 2.05 bits per heavy atom. The number of nitrogens with one attached hydrogen (secondary N) is 1. The van der Waals surface area contributed by atoms with Crippen LogP contribution in [0, 0.1) is 0 Å². The van der Waals surface area contributed by atoms with Crippen LogP contribution in [0.25, 0.3) is 0 Å². The Morgan fingerprint density at radius 3 is 2.64 bits per heavy atom. The molecule has 0 radical (unpaired) electrons. The highest BCUT2D eigenvalue weighted by Crippen LogP contribution is 2.25. The van der Waals surface area contributed by atoms with Crippen LogP contribution in [0.15, 0.2) is 41.5 Å². The first kappa shape index (κ1) is 16.0. The Bertz CT molecular complexity index is 741. The molecule has 0 unspecified atom stereocenters. The molecule has 5 nitrogen and oxygen atoms in total. The molecule has 0 atom stereocenters. The van der Waals surface area contributed by atoms with E-state index in [0.29, 0.717) is 16.3 Å². The van der Waals surface area contributed by atoms with Gasteiger partial charge in [0.05, 0.1) is 11.9 Å². The lowest BCUT2D eigenvalue weighted by atomic mass is 10.2. The van der Waals surface area contributed by atoms with Crippen molar-refractivity contribution in [1.29, 1.82) is 0 Å². The Labute approximate surface area is 127 Å². The Morgan fingerprint density at radius 1 is 1.32 bits per heavy atom. The molecule has 0 aromatic carbocycles. The minimum Gasteiger partial charge on any atom is -0.323 e. The van der Waals surface area contributed by atoms with Crippen molar-refractivity contribution in [3.63, 3.8) is 0 Å². The second-order valence-electron chi connectivity index (χ2n) is 4.27. The summed E-state index contributed by atoms with van der Waals surface area (Å²) >= 11 is 5.58. The maximum absolute atomic E-state index is 12.6. The summed E-state index contributed by atoms with van der Waals surface area (Å²) < 4.78 is 38.5. The van der Waals surface area contributed by atoms with E-state index in [2.05, 4.69) is 10.3 Å². The van der Waals surface area contributed by atoms with Gasteiger partial charge in [-0.3, -0.25) is 9.59 Å². The predicted molar refractivity (Wildman–Crippen MR) is 73.6 cm³/mol. The molecule has 22 heavy (non-hydrogen) atoms. The molecule has 116 valence electrons. The first-order valence-electron chi connectivity index (χ1n) is 5.95. The normalized spacial score (nSPS) is 11.3. The van der Waals surface area contributed by atoms with E-state index in [9.17, 15) is 22.8 Å². The number of hydrogen-bond donors (Lipinski definition) is 1. The van der Waals surface area contributed by atoms with Gasteiger partial charge in [0.1, 0.15) is 17.3 Å². The standard InChI is InChI=1S/C13H9ClF3N3O2/c14-10-4-3-8(6-18-10)19-11(21)7-20-5-1-2-9(12(20)22)13(15,16)17/h1-6H,7H2,(H,19,21). The topological polar surface area (TPSA) is 64.0 Å². The molecule has 1 N–H and O–H groups in total. The second kappa shape index (κ2) is 6.18. The number of pyridine rings is 2. The molecule has 2 aromatic heterocycles. The van der Waals surface area contributed by atoms with E-state index in [1.165, 1.54) is 18.3 Å². The number of amides is 1. The zero-order chi connectivity index (χ0) is 16.3. The summed E-state index contributed by atoms with van der Waals surface area (Å²) in [5, 5.41) is 2.63. The Kier molecular flexibility index (Phi) is 4.51. The minimum absolute atomic E-state index is 0.229. The molecule has 0 aliphatic carbocycles. The van der Waals surface area contributed by atoms with Crippen LogP contribution in [-0.4, -0.2) is 15.5 Å². The van der Waals surface area contributed by atoms with E-state index in [1.807, 2.05) is 0 Å². The van der Waals surface area contributed by atoms with Gasteiger partial charge < -0.3 is 9.88 Å². The highest BCUT2D eigenvalue weighted by atomic mass is 35.5. The van der Waals surface area contributed by atoms with Gasteiger partial charge >= 0.3 is 6.18 Å². The van der Waals surface area contributed by atoms with Gasteiger partial charge in [-0.05, 0) is 24.3 Å². The second-order valence-corrected chi connectivity index (χ2v) is 4.66. The first-order chi connectivity index (χ1) is 10.3. The molecular weight excluding hydrogens is 323 g/mol. The van der Waals surface area contributed by atoms with Gasteiger partial charge in [-0.1, -0.05) is 11.6 Å². The summed E-state index contributed by atoms with van der Waals surface area (Å²) in [7, 11) is 0. The van der Waals surface area contributed by atoms with E-state index in [-0.39, 0.29) is 5.15 Å². The number of aromatic nitrogens is 2. The SMILES string of the molecule is O=C(Cn1cccc(C(F)(F)F)c1=O)Nc1ccc(Cl)nc1. The summed E-state index contributed by atoms with van der Waals surface area (Å²) in [5.41, 5.74) is -2.29. The zero-order valence-electron chi connectivity index (χ0n) is 10.9. The van der Waals surface area contributed by atoms with Crippen LogP contribution < -0.4 is 10.9 Å². The van der Waals surface area contributed by atoms with Gasteiger partial charge in [-0.15, -0.1) is 0 Å². The smallest absolute Gasteiger partial charge is 0.323 e.